The first-order valence-electron chi connectivity index (χ1n) is 9.52. The maximum Gasteiger partial charge on any atom is 0.338 e. The van der Waals surface area contributed by atoms with Crippen molar-refractivity contribution in [1.82, 2.24) is 0 Å². The SMILES string of the molecule is COc1ccc(Cc2coc3ccc(C(=O)OCc4ccccc4)cc3c2=O)cc1. The number of carbonyl (C=O) groups is 1. The van der Waals surface area contributed by atoms with Gasteiger partial charge in [-0.05, 0) is 41.5 Å². The Balaban J connectivity index is 1.57. The molecule has 5 nitrogen and oxygen atoms in total. The minimum Gasteiger partial charge on any atom is -0.497 e. The van der Waals surface area contributed by atoms with Gasteiger partial charge in [-0.3, -0.25) is 4.79 Å². The van der Waals surface area contributed by atoms with Crippen LogP contribution >= 0.6 is 0 Å². The van der Waals surface area contributed by atoms with Crippen LogP contribution in [-0.4, -0.2) is 13.1 Å². The molecule has 0 aliphatic carbocycles. The molecule has 0 atom stereocenters. The molecule has 0 amide bonds. The number of rotatable bonds is 6. The summed E-state index contributed by atoms with van der Waals surface area (Å²) in [5.74, 6) is 0.267. The molecule has 4 aromatic rings. The molecule has 5 heteroatoms. The van der Waals surface area contributed by atoms with E-state index in [1.807, 2.05) is 54.6 Å². The number of fused-ring (bicyclic) bond motifs is 1. The molecule has 150 valence electrons. The number of carbonyl (C=O) groups excluding carboxylic acids is 1. The number of hydrogen-bond donors (Lipinski definition) is 0. The molecule has 0 aliphatic heterocycles. The average molecular weight is 400 g/mol. The minimum atomic E-state index is -0.485. The second-order valence-electron chi connectivity index (χ2n) is 6.89. The Bertz CT molecular complexity index is 1220. The van der Waals surface area contributed by atoms with Crippen LogP contribution in [-0.2, 0) is 17.8 Å². The number of benzene rings is 3. The van der Waals surface area contributed by atoms with Crippen molar-refractivity contribution in [1.29, 1.82) is 0 Å². The zero-order chi connectivity index (χ0) is 20.9. The van der Waals surface area contributed by atoms with Crippen LogP contribution in [0, 0.1) is 0 Å². The molecule has 0 aliphatic rings. The molecule has 0 radical (unpaired) electrons. The summed E-state index contributed by atoms with van der Waals surface area (Å²) in [6.45, 7) is 0.170. The summed E-state index contributed by atoms with van der Waals surface area (Å²) < 4.78 is 16.2. The van der Waals surface area contributed by atoms with E-state index in [4.69, 9.17) is 13.9 Å². The van der Waals surface area contributed by atoms with Crippen LogP contribution in [0.25, 0.3) is 11.0 Å². The van der Waals surface area contributed by atoms with Gasteiger partial charge >= 0.3 is 5.97 Å². The van der Waals surface area contributed by atoms with Crippen molar-refractivity contribution in [2.24, 2.45) is 0 Å². The Kier molecular flexibility index (Phi) is 5.61. The molecule has 1 heterocycles. The quantitative estimate of drug-likeness (QED) is 0.437. The lowest BCUT2D eigenvalue weighted by molar-refractivity contribution is 0.0473. The summed E-state index contributed by atoms with van der Waals surface area (Å²) in [5.41, 5.74) is 2.95. The Hall–Kier alpha value is -3.86. The minimum absolute atomic E-state index is 0.162. The maximum absolute atomic E-state index is 13.0. The van der Waals surface area contributed by atoms with Gasteiger partial charge in [0.05, 0.1) is 24.3 Å². The van der Waals surface area contributed by atoms with E-state index in [1.54, 1.807) is 19.2 Å². The first kappa shape index (κ1) is 19.5. The van der Waals surface area contributed by atoms with E-state index in [0.717, 1.165) is 16.9 Å². The van der Waals surface area contributed by atoms with Crippen LogP contribution < -0.4 is 10.2 Å². The molecule has 0 fully saturated rings. The molecule has 0 spiro atoms. The van der Waals surface area contributed by atoms with Crippen molar-refractivity contribution in [2.75, 3.05) is 7.11 Å². The van der Waals surface area contributed by atoms with Gasteiger partial charge in [0.1, 0.15) is 17.9 Å². The van der Waals surface area contributed by atoms with Gasteiger partial charge in [-0.2, -0.15) is 0 Å². The topological polar surface area (TPSA) is 65.7 Å². The van der Waals surface area contributed by atoms with Crippen LogP contribution in [0.2, 0.25) is 0 Å². The zero-order valence-electron chi connectivity index (χ0n) is 16.5. The van der Waals surface area contributed by atoms with E-state index in [2.05, 4.69) is 0 Å². The molecule has 4 rings (SSSR count). The second kappa shape index (κ2) is 8.66. The molecule has 1 aromatic heterocycles. The Morgan fingerprint density at radius 1 is 0.933 bits per heavy atom. The lowest BCUT2D eigenvalue weighted by atomic mass is 10.0. The van der Waals surface area contributed by atoms with E-state index in [-0.39, 0.29) is 12.0 Å². The van der Waals surface area contributed by atoms with Gasteiger partial charge in [0.15, 0.2) is 5.43 Å². The van der Waals surface area contributed by atoms with Crippen LogP contribution in [0.3, 0.4) is 0 Å². The van der Waals surface area contributed by atoms with Gasteiger partial charge in [-0.25, -0.2) is 4.79 Å². The third kappa shape index (κ3) is 4.25. The van der Waals surface area contributed by atoms with E-state index in [0.29, 0.717) is 28.5 Å². The van der Waals surface area contributed by atoms with Crippen molar-refractivity contribution in [2.45, 2.75) is 13.0 Å². The molecule has 30 heavy (non-hydrogen) atoms. The van der Waals surface area contributed by atoms with Gasteiger partial charge in [-0.1, -0.05) is 42.5 Å². The fourth-order valence-electron chi connectivity index (χ4n) is 3.19. The fourth-order valence-corrected chi connectivity index (χ4v) is 3.19. The van der Waals surface area contributed by atoms with Crippen molar-refractivity contribution in [3.8, 4) is 5.75 Å². The van der Waals surface area contributed by atoms with E-state index in [9.17, 15) is 9.59 Å². The summed E-state index contributed by atoms with van der Waals surface area (Å²) >= 11 is 0. The number of methoxy groups -OCH3 is 1. The summed E-state index contributed by atoms with van der Waals surface area (Å²) in [7, 11) is 1.61. The predicted octanol–water partition coefficient (Wildman–Crippen LogP) is 4.75. The van der Waals surface area contributed by atoms with Crippen molar-refractivity contribution in [3.63, 3.8) is 0 Å². The third-order valence-electron chi connectivity index (χ3n) is 4.85. The van der Waals surface area contributed by atoms with Crippen LogP contribution in [0.15, 0.2) is 88.3 Å². The van der Waals surface area contributed by atoms with E-state index in [1.165, 1.54) is 12.3 Å². The van der Waals surface area contributed by atoms with E-state index >= 15 is 0 Å². The Labute approximate surface area is 173 Å². The predicted molar refractivity (Wildman–Crippen MR) is 114 cm³/mol. The summed E-state index contributed by atoms with van der Waals surface area (Å²) in [6.07, 6.45) is 1.90. The maximum atomic E-state index is 13.0. The Morgan fingerprint density at radius 3 is 2.43 bits per heavy atom. The van der Waals surface area contributed by atoms with Gasteiger partial charge in [0.2, 0.25) is 0 Å². The Morgan fingerprint density at radius 2 is 1.70 bits per heavy atom. The largest absolute Gasteiger partial charge is 0.497 e. The lowest BCUT2D eigenvalue weighted by Gasteiger charge is -2.07. The highest BCUT2D eigenvalue weighted by molar-refractivity contribution is 5.94. The van der Waals surface area contributed by atoms with Gasteiger partial charge < -0.3 is 13.9 Å². The van der Waals surface area contributed by atoms with Crippen molar-refractivity contribution in [3.05, 3.63) is 112 Å². The molecule has 0 unspecified atom stereocenters. The highest BCUT2D eigenvalue weighted by atomic mass is 16.5. The molecule has 3 aromatic carbocycles. The monoisotopic (exact) mass is 400 g/mol. The first-order chi connectivity index (χ1) is 14.6. The summed E-state index contributed by atoms with van der Waals surface area (Å²) in [4.78, 5) is 25.4. The van der Waals surface area contributed by atoms with E-state index < -0.39 is 5.97 Å². The number of hydrogen-bond acceptors (Lipinski definition) is 5. The second-order valence-corrected chi connectivity index (χ2v) is 6.89. The molecule has 0 N–H and O–H groups in total. The fraction of sp³-hybridized carbons (Fsp3) is 0.120. The highest BCUT2D eigenvalue weighted by Gasteiger charge is 2.13. The average Bonchev–Trinajstić information content (AvgIpc) is 2.80. The van der Waals surface area contributed by atoms with Crippen LogP contribution in [0.5, 0.6) is 5.75 Å². The van der Waals surface area contributed by atoms with Crippen LogP contribution in [0.1, 0.15) is 27.0 Å². The molecule has 0 bridgehead atoms. The zero-order valence-corrected chi connectivity index (χ0v) is 16.5. The molecular formula is C25H20O5. The standard InChI is InChI=1S/C25H20O5/c1-28-21-10-7-17(8-11-21)13-20-16-29-23-12-9-19(14-22(23)24(20)26)25(27)30-15-18-5-3-2-4-6-18/h2-12,14,16H,13,15H2,1H3. The smallest absolute Gasteiger partial charge is 0.338 e. The number of esters is 1. The van der Waals surface area contributed by atoms with Crippen molar-refractivity contribution >= 4 is 16.9 Å². The number of ether oxygens (including phenoxy) is 2. The summed E-state index contributed by atoms with van der Waals surface area (Å²) in [6, 6.07) is 21.7. The normalized spacial score (nSPS) is 10.7. The molecule has 0 saturated heterocycles. The highest BCUT2D eigenvalue weighted by Crippen LogP contribution is 2.18. The van der Waals surface area contributed by atoms with Crippen LogP contribution in [0.4, 0.5) is 0 Å². The van der Waals surface area contributed by atoms with Gasteiger partial charge in [0.25, 0.3) is 0 Å². The van der Waals surface area contributed by atoms with Gasteiger partial charge in [0, 0.05) is 12.0 Å². The molecule has 0 saturated carbocycles. The lowest BCUT2D eigenvalue weighted by Crippen LogP contribution is -2.11. The molecular weight excluding hydrogens is 380 g/mol. The van der Waals surface area contributed by atoms with Gasteiger partial charge in [-0.15, -0.1) is 0 Å². The summed E-state index contributed by atoms with van der Waals surface area (Å²) in [5, 5.41) is 0.357. The first-order valence-corrected chi connectivity index (χ1v) is 9.52. The van der Waals surface area contributed by atoms with Crippen molar-refractivity contribution < 1.29 is 18.7 Å². The third-order valence-corrected chi connectivity index (χ3v) is 4.85.